The van der Waals surface area contributed by atoms with Gasteiger partial charge in [-0.05, 0) is 5.92 Å². The molecule has 0 atom stereocenters. The van der Waals surface area contributed by atoms with Crippen molar-refractivity contribution < 1.29 is 38.1 Å². The molecule has 12 heavy (non-hydrogen) atoms. The predicted octanol–water partition coefficient (Wildman–Crippen LogP) is 2.50. The molecule has 74 valence electrons. The third kappa shape index (κ3) is 31.2. The fraction of sp³-hybridized carbons (Fsp3) is 0.875. The first-order valence-corrected chi connectivity index (χ1v) is 3.56. The zero-order valence-electron chi connectivity index (χ0n) is 7.95. The van der Waals surface area contributed by atoms with Crippen LogP contribution in [-0.2, 0) is 21.7 Å². The molecule has 0 amide bonds. The maximum Gasteiger partial charge on any atom is 4.00 e. The normalized spacial score (nSPS) is 7.00. The van der Waals surface area contributed by atoms with Crippen LogP contribution < -0.4 is 0 Å². The van der Waals surface area contributed by atoms with Crippen LogP contribution in [-0.4, -0.2) is 16.4 Å². The summed E-state index contributed by atoms with van der Waals surface area (Å²) < 4.78 is 0. The summed E-state index contributed by atoms with van der Waals surface area (Å²) in [4.78, 5) is 0. The number of rotatable bonds is 4. The average molecular weight is 212 g/mol. The number of unbranched alkanes of at least 4 members (excludes halogenated alkanes) is 2. The Balaban J connectivity index is -0.0000000408. The Morgan fingerprint density at radius 2 is 1.42 bits per heavy atom. The van der Waals surface area contributed by atoms with Gasteiger partial charge in [0.25, 0.3) is 0 Å². The fourth-order valence-electron chi connectivity index (χ4n) is 0.729. The van der Waals surface area contributed by atoms with Gasteiger partial charge in [0, 0.05) is 0 Å². The van der Waals surface area contributed by atoms with Crippen LogP contribution in [0.3, 0.4) is 0 Å². The summed E-state index contributed by atoms with van der Waals surface area (Å²) in [5, 5.41) is 0. The van der Waals surface area contributed by atoms with E-state index >= 15 is 0 Å². The maximum atomic E-state index is 3.78. The smallest absolute Gasteiger partial charge is 0.870 e. The molecule has 0 unspecified atom stereocenters. The zero-order valence-corrected chi connectivity index (χ0v) is 9.52. The first-order chi connectivity index (χ1) is 3.77. The van der Waals surface area contributed by atoms with Crippen LogP contribution in [0.5, 0.6) is 0 Å². The summed E-state index contributed by atoms with van der Waals surface area (Å²) >= 11 is 0. The van der Waals surface area contributed by atoms with E-state index in [1.54, 1.807) is 0 Å². The molecule has 4 heteroatoms. The van der Waals surface area contributed by atoms with Crippen molar-refractivity contribution in [1.82, 2.24) is 0 Å². The van der Waals surface area contributed by atoms with Crippen LogP contribution in [0.1, 0.15) is 39.5 Å². The van der Waals surface area contributed by atoms with Crippen molar-refractivity contribution in [2.75, 3.05) is 0 Å². The van der Waals surface area contributed by atoms with Crippen LogP contribution in [0.25, 0.3) is 0 Å². The van der Waals surface area contributed by atoms with Crippen LogP contribution in [0.2, 0.25) is 0 Å². The minimum Gasteiger partial charge on any atom is -0.870 e. The molecule has 0 aliphatic heterocycles. The van der Waals surface area contributed by atoms with E-state index in [-0.39, 0.29) is 38.1 Å². The summed E-state index contributed by atoms with van der Waals surface area (Å²) in [5.41, 5.74) is 0. The minimum atomic E-state index is 0. The summed E-state index contributed by atoms with van der Waals surface area (Å²) in [6.45, 7) is 8.32. The van der Waals surface area contributed by atoms with Crippen LogP contribution >= 0.6 is 0 Å². The van der Waals surface area contributed by atoms with E-state index in [1.165, 1.54) is 19.3 Å². The largest absolute Gasteiger partial charge is 4.00 e. The van der Waals surface area contributed by atoms with E-state index in [4.69, 9.17) is 0 Å². The summed E-state index contributed by atoms with van der Waals surface area (Å²) in [7, 11) is 0. The molecule has 0 aliphatic carbocycles. The van der Waals surface area contributed by atoms with Gasteiger partial charge in [0.2, 0.25) is 0 Å². The first kappa shape index (κ1) is 29.4. The van der Waals surface area contributed by atoms with Crippen LogP contribution in [0, 0.1) is 12.8 Å². The Labute approximate surface area is 90.7 Å². The maximum absolute atomic E-state index is 3.78. The molecule has 3 N–H and O–H groups in total. The van der Waals surface area contributed by atoms with Gasteiger partial charge in [0.05, 0.1) is 0 Å². The molecule has 0 rings (SSSR count). The van der Waals surface area contributed by atoms with E-state index in [0.717, 1.165) is 12.3 Å². The molecule has 0 bridgehead atoms. The molecule has 0 spiro atoms. The summed E-state index contributed by atoms with van der Waals surface area (Å²) in [5.74, 6) is 0.876. The quantitative estimate of drug-likeness (QED) is 0.407. The molecule has 0 saturated carbocycles. The standard InChI is InChI=1S/C8H17.3H2O.Ti/c1-4-5-6-7-8(2)3;;;;/h8H,1,4-7H2,2-3H3;3*1H2;/q-1;;;;+4/p-3. The van der Waals surface area contributed by atoms with Crippen LogP contribution in [0.15, 0.2) is 0 Å². The summed E-state index contributed by atoms with van der Waals surface area (Å²) in [6.07, 6.45) is 5.14. The second kappa shape index (κ2) is 22.6. The SMILES string of the molecule is [CH2-]CCCCC(C)C.[OH-].[OH-].[OH-].[Ti+4]. The van der Waals surface area contributed by atoms with Crippen molar-refractivity contribution in [2.24, 2.45) is 5.92 Å². The van der Waals surface area contributed by atoms with E-state index in [9.17, 15) is 0 Å². The average Bonchev–Trinajstić information content (AvgIpc) is 1.66. The van der Waals surface area contributed by atoms with Crippen molar-refractivity contribution in [1.29, 1.82) is 0 Å². The van der Waals surface area contributed by atoms with E-state index < -0.39 is 0 Å². The Hall–Kier alpha value is 0.594. The second-order valence-corrected chi connectivity index (χ2v) is 2.74. The molecular weight excluding hydrogens is 192 g/mol. The second-order valence-electron chi connectivity index (χ2n) is 2.74. The molecule has 0 radical (unpaired) electrons. The zero-order chi connectivity index (χ0) is 6.41. The van der Waals surface area contributed by atoms with Gasteiger partial charge in [-0.2, -0.15) is 6.42 Å². The number of hydrogen-bond donors (Lipinski definition) is 0. The van der Waals surface area contributed by atoms with Gasteiger partial charge in [-0.15, -0.1) is 0 Å². The molecular formula is C8H20O3Ti. The molecule has 0 aromatic rings. The third-order valence-electron chi connectivity index (χ3n) is 1.28. The van der Waals surface area contributed by atoms with Crippen LogP contribution in [0.4, 0.5) is 0 Å². The van der Waals surface area contributed by atoms with Gasteiger partial charge < -0.3 is 23.4 Å². The molecule has 3 nitrogen and oxygen atoms in total. The van der Waals surface area contributed by atoms with Gasteiger partial charge in [0.15, 0.2) is 0 Å². The fourth-order valence-corrected chi connectivity index (χ4v) is 0.729. The Kier molecular flexibility index (Phi) is 55.2. The monoisotopic (exact) mass is 212 g/mol. The molecule has 0 heterocycles. The molecule has 0 aliphatic rings. The van der Waals surface area contributed by atoms with Gasteiger partial charge in [-0.25, -0.2) is 0 Å². The molecule has 0 aromatic carbocycles. The van der Waals surface area contributed by atoms with Gasteiger partial charge in [-0.1, -0.05) is 33.1 Å². The molecule has 0 fully saturated rings. The van der Waals surface area contributed by atoms with Crippen molar-refractivity contribution in [3.05, 3.63) is 6.92 Å². The predicted molar refractivity (Wildman–Crippen MR) is 44.5 cm³/mol. The minimum absolute atomic E-state index is 0. The molecule has 0 aromatic heterocycles. The van der Waals surface area contributed by atoms with Gasteiger partial charge in [0.1, 0.15) is 0 Å². The van der Waals surface area contributed by atoms with E-state index in [1.807, 2.05) is 0 Å². The van der Waals surface area contributed by atoms with Crippen molar-refractivity contribution in [3.63, 3.8) is 0 Å². The van der Waals surface area contributed by atoms with Crippen molar-refractivity contribution in [3.8, 4) is 0 Å². The van der Waals surface area contributed by atoms with Gasteiger partial charge >= 0.3 is 21.7 Å². The van der Waals surface area contributed by atoms with Crippen molar-refractivity contribution in [2.45, 2.75) is 39.5 Å². The Morgan fingerprint density at radius 3 is 1.67 bits per heavy atom. The van der Waals surface area contributed by atoms with E-state index in [2.05, 4.69) is 20.8 Å². The number of hydrogen-bond acceptors (Lipinski definition) is 3. The topological polar surface area (TPSA) is 90.0 Å². The summed E-state index contributed by atoms with van der Waals surface area (Å²) in [6, 6.07) is 0. The van der Waals surface area contributed by atoms with Crippen molar-refractivity contribution >= 4 is 0 Å². The first-order valence-electron chi connectivity index (χ1n) is 3.56. The third-order valence-corrected chi connectivity index (χ3v) is 1.28. The van der Waals surface area contributed by atoms with E-state index in [0.29, 0.717) is 0 Å². The molecule has 0 saturated heterocycles. The van der Waals surface area contributed by atoms with Gasteiger partial charge in [-0.3, -0.25) is 0 Å². The Bertz CT molecular complexity index is 51.6. The Morgan fingerprint density at radius 1 is 1.00 bits per heavy atom.